The number of rotatable bonds is 2. The highest BCUT2D eigenvalue weighted by molar-refractivity contribution is 8.07. The fourth-order valence-electron chi connectivity index (χ4n) is 0.0680. The van der Waals surface area contributed by atoms with Gasteiger partial charge < -0.3 is 0 Å². The van der Waals surface area contributed by atoms with Crippen LogP contribution in [0.3, 0.4) is 0 Å². The molecule has 9 heavy (non-hydrogen) atoms. The van der Waals surface area contributed by atoms with Crippen molar-refractivity contribution in [2.75, 3.05) is 25.0 Å². The van der Waals surface area contributed by atoms with Gasteiger partial charge in [0.25, 0.3) is 0 Å². The molecule has 0 radical (unpaired) electrons. The highest BCUT2D eigenvalue weighted by Gasteiger charge is 1.66. The van der Waals surface area contributed by atoms with Crippen molar-refractivity contribution in [2.24, 2.45) is 0 Å². The molecule has 0 saturated heterocycles. The van der Waals surface area contributed by atoms with Gasteiger partial charge in [-0.2, -0.15) is 0 Å². The maximum atomic E-state index is 9.56. The zero-order valence-corrected chi connectivity index (χ0v) is 8.49. The molecule has 0 heterocycles. The Morgan fingerprint density at radius 2 is 1.44 bits per heavy atom. The van der Waals surface area contributed by atoms with Crippen molar-refractivity contribution in [1.82, 2.24) is 0 Å². The van der Waals surface area contributed by atoms with Gasteiger partial charge in [0.05, 0.1) is 0 Å². The Morgan fingerprint density at radius 3 is 1.44 bits per heavy atom. The zero-order valence-electron chi connectivity index (χ0n) is 6.04. The standard InChI is InChI=1S/C2H6OS2.C2H6OS/c1-4-3-5-2;1-4(2)3/h1-2H3;1-2H3. The van der Waals surface area contributed by atoms with E-state index in [2.05, 4.69) is 3.63 Å². The summed E-state index contributed by atoms with van der Waals surface area (Å²) in [5.74, 6) is 0. The van der Waals surface area contributed by atoms with Crippen molar-refractivity contribution in [3.05, 3.63) is 0 Å². The van der Waals surface area contributed by atoms with E-state index in [-0.39, 0.29) is 0 Å². The van der Waals surface area contributed by atoms with Crippen LogP contribution in [0.15, 0.2) is 0 Å². The molecule has 5 heteroatoms. The van der Waals surface area contributed by atoms with Crippen LogP contribution in [-0.2, 0) is 14.4 Å². The lowest BCUT2D eigenvalue weighted by Gasteiger charge is -1.82. The molecule has 0 aliphatic heterocycles. The summed E-state index contributed by atoms with van der Waals surface area (Å²) in [4.78, 5) is 0. The summed E-state index contributed by atoms with van der Waals surface area (Å²) in [6.45, 7) is 0. The average Bonchev–Trinajstić information content (AvgIpc) is 1.66. The first-order valence-electron chi connectivity index (χ1n) is 2.13. The summed E-state index contributed by atoms with van der Waals surface area (Å²) >= 11 is 2.73. The van der Waals surface area contributed by atoms with Crippen LogP contribution in [0.5, 0.6) is 0 Å². The van der Waals surface area contributed by atoms with Crippen molar-refractivity contribution in [3.8, 4) is 0 Å². The van der Waals surface area contributed by atoms with Crippen LogP contribution in [0.1, 0.15) is 0 Å². The van der Waals surface area contributed by atoms with Crippen LogP contribution in [0, 0.1) is 0 Å². The highest BCUT2D eigenvalue weighted by Crippen LogP contribution is 2.04. The Bertz CT molecular complexity index is 60.8. The third kappa shape index (κ3) is 51.7. The Balaban J connectivity index is 0. The average molecular weight is 188 g/mol. The van der Waals surface area contributed by atoms with Gasteiger partial charge in [-0.3, -0.25) is 4.21 Å². The van der Waals surface area contributed by atoms with Gasteiger partial charge in [0.15, 0.2) is 0 Å². The molecule has 0 amide bonds. The second kappa shape index (κ2) is 11.6. The molecule has 0 aromatic rings. The molecule has 0 atom stereocenters. The molecule has 0 saturated carbocycles. The lowest BCUT2D eigenvalue weighted by atomic mass is 11.9. The second-order valence-corrected chi connectivity index (χ2v) is 3.84. The fraction of sp³-hybridized carbons (Fsp3) is 1.00. The zero-order chi connectivity index (χ0) is 7.70. The Morgan fingerprint density at radius 1 is 1.22 bits per heavy atom. The lowest BCUT2D eigenvalue weighted by molar-refractivity contribution is 0.690. The van der Waals surface area contributed by atoms with Crippen molar-refractivity contribution >= 4 is 34.9 Å². The van der Waals surface area contributed by atoms with Gasteiger partial charge in [0.2, 0.25) is 0 Å². The summed E-state index contributed by atoms with van der Waals surface area (Å²) in [5.41, 5.74) is 0. The maximum absolute atomic E-state index is 9.56. The molecule has 0 aromatic carbocycles. The SMILES string of the molecule is CS(C)=O.CSOSC. The van der Waals surface area contributed by atoms with E-state index in [1.807, 2.05) is 12.5 Å². The first-order valence-corrected chi connectivity index (χ1v) is 6.40. The molecule has 0 rings (SSSR count). The summed E-state index contributed by atoms with van der Waals surface area (Å²) in [7, 11) is -0.611. The van der Waals surface area contributed by atoms with Gasteiger partial charge >= 0.3 is 0 Å². The van der Waals surface area contributed by atoms with E-state index in [1.54, 1.807) is 12.5 Å². The quantitative estimate of drug-likeness (QED) is 0.614. The van der Waals surface area contributed by atoms with Crippen LogP contribution in [0.4, 0.5) is 0 Å². The van der Waals surface area contributed by atoms with Gasteiger partial charge in [-0.25, -0.2) is 3.63 Å². The number of hydrogen-bond donors (Lipinski definition) is 0. The van der Waals surface area contributed by atoms with Crippen molar-refractivity contribution in [1.29, 1.82) is 0 Å². The van der Waals surface area contributed by atoms with Crippen LogP contribution in [0.2, 0.25) is 0 Å². The molecular formula is C4H12O2S3. The van der Waals surface area contributed by atoms with Crippen LogP contribution >= 0.6 is 24.1 Å². The van der Waals surface area contributed by atoms with E-state index in [9.17, 15) is 4.21 Å². The summed E-state index contributed by atoms with van der Waals surface area (Å²) in [6, 6.07) is 0. The second-order valence-electron chi connectivity index (χ2n) is 1.14. The predicted molar refractivity (Wildman–Crippen MR) is 48.1 cm³/mol. The fourth-order valence-corrected chi connectivity index (χ4v) is 0.612. The first-order chi connectivity index (χ1) is 4.15. The Kier molecular flexibility index (Phi) is 16.1. The normalized spacial score (nSPS) is 8.56. The minimum Gasteiger partial charge on any atom is -0.260 e. The first kappa shape index (κ1) is 12.5. The molecule has 0 aliphatic carbocycles. The predicted octanol–water partition coefficient (Wildman–Crippen LogP) is 1.55. The smallest absolute Gasteiger partial charge is 0.0148 e. The van der Waals surface area contributed by atoms with Crippen molar-refractivity contribution in [2.45, 2.75) is 0 Å². The van der Waals surface area contributed by atoms with Crippen LogP contribution in [0.25, 0.3) is 0 Å². The lowest BCUT2D eigenvalue weighted by Crippen LogP contribution is -1.70. The van der Waals surface area contributed by atoms with E-state index in [4.69, 9.17) is 0 Å². The van der Waals surface area contributed by atoms with Gasteiger partial charge in [-0.05, 0) is 0 Å². The van der Waals surface area contributed by atoms with E-state index in [1.165, 1.54) is 24.1 Å². The highest BCUT2D eigenvalue weighted by atomic mass is 32.2. The third-order valence-corrected chi connectivity index (χ3v) is 1.22. The third-order valence-electron chi connectivity index (χ3n) is 0.136. The van der Waals surface area contributed by atoms with E-state index >= 15 is 0 Å². The molecule has 0 aliphatic rings. The molecule has 0 aromatic heterocycles. The monoisotopic (exact) mass is 188 g/mol. The van der Waals surface area contributed by atoms with Crippen LogP contribution in [-0.4, -0.2) is 29.2 Å². The molecule has 0 N–H and O–H groups in total. The Hall–Kier alpha value is 0.810. The van der Waals surface area contributed by atoms with E-state index < -0.39 is 10.8 Å². The summed E-state index contributed by atoms with van der Waals surface area (Å²) in [5, 5.41) is 0. The molecule has 0 fully saturated rings. The molecule has 2 nitrogen and oxygen atoms in total. The van der Waals surface area contributed by atoms with Gasteiger partial charge in [-0.1, -0.05) is 0 Å². The molecule has 0 bridgehead atoms. The minimum atomic E-state index is -0.611. The van der Waals surface area contributed by atoms with Gasteiger partial charge in [0, 0.05) is 59.9 Å². The molecule has 0 spiro atoms. The Labute approximate surface area is 68.0 Å². The van der Waals surface area contributed by atoms with Crippen molar-refractivity contribution < 1.29 is 7.84 Å². The van der Waals surface area contributed by atoms with Crippen LogP contribution < -0.4 is 0 Å². The molecule has 58 valence electrons. The summed E-state index contributed by atoms with van der Waals surface area (Å²) in [6.07, 6.45) is 7.05. The molecular weight excluding hydrogens is 176 g/mol. The topological polar surface area (TPSA) is 26.3 Å². The number of hydrogen-bond acceptors (Lipinski definition) is 4. The van der Waals surface area contributed by atoms with Gasteiger partial charge in [-0.15, -0.1) is 0 Å². The minimum absolute atomic E-state index is 0.611. The molecule has 0 unspecified atom stereocenters. The van der Waals surface area contributed by atoms with Gasteiger partial charge in [0.1, 0.15) is 0 Å². The van der Waals surface area contributed by atoms with Crippen molar-refractivity contribution in [3.63, 3.8) is 0 Å². The largest absolute Gasteiger partial charge is 0.260 e. The summed E-state index contributed by atoms with van der Waals surface area (Å²) < 4.78 is 14.2. The van der Waals surface area contributed by atoms with E-state index in [0.717, 1.165) is 0 Å². The maximum Gasteiger partial charge on any atom is 0.0148 e. The van der Waals surface area contributed by atoms with E-state index in [0.29, 0.717) is 0 Å².